The van der Waals surface area contributed by atoms with Crippen LogP contribution in [0.5, 0.6) is 0 Å². The van der Waals surface area contributed by atoms with Crippen LogP contribution in [0.4, 0.5) is 0 Å². The van der Waals surface area contributed by atoms with Gasteiger partial charge in [0.2, 0.25) is 0 Å². The Hall–Kier alpha value is -0.830. The molecule has 1 saturated carbocycles. The maximum atomic E-state index is 4.38. The lowest BCUT2D eigenvalue weighted by atomic mass is 10.3. The summed E-state index contributed by atoms with van der Waals surface area (Å²) in [4.78, 5) is 4.38. The molecule has 1 fully saturated rings. The quantitative estimate of drug-likeness (QED) is 0.801. The Morgan fingerprint density at radius 2 is 2.29 bits per heavy atom. The van der Waals surface area contributed by atoms with Crippen LogP contribution in [0.15, 0.2) is 29.0 Å². The first-order chi connectivity index (χ1) is 6.83. The summed E-state index contributed by atoms with van der Waals surface area (Å²) in [7, 11) is 0. The highest BCUT2D eigenvalue weighted by molar-refractivity contribution is 9.10. The first kappa shape index (κ1) is 8.48. The maximum absolute atomic E-state index is 4.38. The van der Waals surface area contributed by atoms with Crippen molar-refractivity contribution in [1.82, 2.24) is 9.55 Å². The van der Waals surface area contributed by atoms with Crippen LogP contribution in [0.2, 0.25) is 0 Å². The molecule has 2 aromatic rings. The largest absolute Gasteiger partial charge is 0.330 e. The average Bonchev–Trinajstić information content (AvgIpc) is 2.90. The van der Waals surface area contributed by atoms with Gasteiger partial charge in [0, 0.05) is 11.0 Å². The molecule has 0 bridgehead atoms. The lowest BCUT2D eigenvalue weighted by Gasteiger charge is -2.01. The summed E-state index contributed by atoms with van der Waals surface area (Å²) in [5, 5.41) is 0. The second-order valence-electron chi connectivity index (χ2n) is 3.97. The summed E-state index contributed by atoms with van der Waals surface area (Å²) in [5.41, 5.74) is 2.33. The number of hydrogen-bond donors (Lipinski definition) is 0. The number of nitrogens with zero attached hydrogens (tertiary/aromatic N) is 2. The molecular weight excluding hydrogens is 240 g/mol. The number of fused-ring (bicyclic) bond motifs is 1. The van der Waals surface area contributed by atoms with Crippen molar-refractivity contribution in [3.8, 4) is 0 Å². The van der Waals surface area contributed by atoms with Crippen LogP contribution in [0.3, 0.4) is 0 Å². The van der Waals surface area contributed by atoms with Crippen molar-refractivity contribution in [1.29, 1.82) is 0 Å². The molecule has 1 aliphatic carbocycles. The van der Waals surface area contributed by atoms with E-state index in [0.29, 0.717) is 0 Å². The monoisotopic (exact) mass is 250 g/mol. The van der Waals surface area contributed by atoms with Gasteiger partial charge in [0.25, 0.3) is 0 Å². The molecule has 0 saturated heterocycles. The molecule has 14 heavy (non-hydrogen) atoms. The maximum Gasteiger partial charge on any atom is 0.0958 e. The van der Waals surface area contributed by atoms with E-state index in [1.807, 2.05) is 12.4 Å². The van der Waals surface area contributed by atoms with E-state index in [4.69, 9.17) is 0 Å². The molecule has 0 atom stereocenters. The van der Waals surface area contributed by atoms with E-state index >= 15 is 0 Å². The van der Waals surface area contributed by atoms with Crippen molar-refractivity contribution in [3.05, 3.63) is 29.0 Å². The number of halogens is 1. The minimum atomic E-state index is 0.895. The zero-order chi connectivity index (χ0) is 9.54. The van der Waals surface area contributed by atoms with E-state index < -0.39 is 0 Å². The molecule has 0 radical (unpaired) electrons. The lowest BCUT2D eigenvalue weighted by Crippen LogP contribution is -1.97. The molecule has 1 aliphatic rings. The third kappa shape index (κ3) is 1.46. The number of benzene rings is 1. The van der Waals surface area contributed by atoms with Gasteiger partial charge in [0.1, 0.15) is 0 Å². The summed E-state index contributed by atoms with van der Waals surface area (Å²) in [5.74, 6) is 0.895. The molecule has 2 nitrogen and oxygen atoms in total. The predicted octanol–water partition coefficient (Wildman–Crippen LogP) is 3.21. The molecule has 1 aromatic carbocycles. The van der Waals surface area contributed by atoms with Gasteiger partial charge in [0.05, 0.1) is 17.4 Å². The normalized spacial score (nSPS) is 16.4. The standard InChI is InChI=1S/C11H11BrN2/c12-9-3-4-10-11(5-9)14(7-13-10)6-8-1-2-8/h3-5,7-8H,1-2,6H2. The Morgan fingerprint density at radius 3 is 3.07 bits per heavy atom. The van der Waals surface area contributed by atoms with Gasteiger partial charge in [0.15, 0.2) is 0 Å². The fraction of sp³-hybridized carbons (Fsp3) is 0.364. The predicted molar refractivity (Wildman–Crippen MR) is 60.2 cm³/mol. The molecule has 0 amide bonds. The summed E-state index contributed by atoms with van der Waals surface area (Å²) < 4.78 is 3.39. The van der Waals surface area contributed by atoms with Crippen LogP contribution in [-0.2, 0) is 6.54 Å². The highest BCUT2D eigenvalue weighted by atomic mass is 79.9. The Kier molecular flexibility index (Phi) is 1.87. The average molecular weight is 251 g/mol. The lowest BCUT2D eigenvalue weighted by molar-refractivity contribution is 0.642. The van der Waals surface area contributed by atoms with Crippen LogP contribution >= 0.6 is 15.9 Å². The van der Waals surface area contributed by atoms with Crippen molar-refractivity contribution in [2.45, 2.75) is 19.4 Å². The Bertz CT molecular complexity index is 471. The van der Waals surface area contributed by atoms with Gasteiger partial charge in [-0.1, -0.05) is 15.9 Å². The Morgan fingerprint density at radius 1 is 1.43 bits per heavy atom. The molecule has 0 unspecified atom stereocenters. The topological polar surface area (TPSA) is 17.8 Å². The highest BCUT2D eigenvalue weighted by Gasteiger charge is 2.22. The van der Waals surface area contributed by atoms with Crippen LogP contribution in [0.25, 0.3) is 11.0 Å². The molecule has 3 heteroatoms. The van der Waals surface area contributed by atoms with Crippen molar-refractivity contribution in [2.75, 3.05) is 0 Å². The van der Waals surface area contributed by atoms with E-state index in [9.17, 15) is 0 Å². The minimum Gasteiger partial charge on any atom is -0.330 e. The SMILES string of the molecule is Brc1ccc2ncn(CC3CC3)c2c1. The summed E-state index contributed by atoms with van der Waals surface area (Å²) in [6.07, 6.45) is 4.72. The summed E-state index contributed by atoms with van der Waals surface area (Å²) in [6, 6.07) is 6.24. The van der Waals surface area contributed by atoms with E-state index in [-0.39, 0.29) is 0 Å². The third-order valence-corrected chi connectivity index (χ3v) is 3.23. The number of rotatable bonds is 2. The summed E-state index contributed by atoms with van der Waals surface area (Å²) in [6.45, 7) is 1.13. The zero-order valence-corrected chi connectivity index (χ0v) is 9.37. The molecule has 1 aromatic heterocycles. The fourth-order valence-corrected chi connectivity index (χ4v) is 2.10. The molecule has 0 N–H and O–H groups in total. The van der Waals surface area contributed by atoms with E-state index in [1.165, 1.54) is 18.4 Å². The first-order valence-electron chi connectivity index (χ1n) is 4.93. The summed E-state index contributed by atoms with van der Waals surface area (Å²) >= 11 is 3.49. The molecule has 3 rings (SSSR count). The second kappa shape index (κ2) is 3.09. The molecule has 0 aliphatic heterocycles. The first-order valence-corrected chi connectivity index (χ1v) is 5.72. The molecule has 0 spiro atoms. The van der Waals surface area contributed by atoms with Crippen molar-refractivity contribution in [2.24, 2.45) is 5.92 Å². The number of imidazole rings is 1. The van der Waals surface area contributed by atoms with Crippen molar-refractivity contribution in [3.63, 3.8) is 0 Å². The minimum absolute atomic E-state index is 0.895. The van der Waals surface area contributed by atoms with Crippen LogP contribution < -0.4 is 0 Å². The number of hydrogen-bond acceptors (Lipinski definition) is 1. The van der Waals surface area contributed by atoms with Crippen LogP contribution in [0, 0.1) is 5.92 Å². The highest BCUT2D eigenvalue weighted by Crippen LogP contribution is 2.31. The van der Waals surface area contributed by atoms with Gasteiger partial charge in [-0.25, -0.2) is 4.98 Å². The van der Waals surface area contributed by atoms with Crippen LogP contribution in [-0.4, -0.2) is 9.55 Å². The number of aromatic nitrogens is 2. The molecule has 1 heterocycles. The Labute approximate surface area is 91.1 Å². The van der Waals surface area contributed by atoms with Gasteiger partial charge in [-0.3, -0.25) is 0 Å². The van der Waals surface area contributed by atoms with Gasteiger partial charge < -0.3 is 4.57 Å². The van der Waals surface area contributed by atoms with Crippen molar-refractivity contribution >= 4 is 27.0 Å². The fourth-order valence-electron chi connectivity index (χ4n) is 1.75. The zero-order valence-electron chi connectivity index (χ0n) is 7.78. The van der Waals surface area contributed by atoms with Gasteiger partial charge in [-0.2, -0.15) is 0 Å². The second-order valence-corrected chi connectivity index (χ2v) is 4.89. The van der Waals surface area contributed by atoms with Crippen molar-refractivity contribution < 1.29 is 0 Å². The van der Waals surface area contributed by atoms with Crippen LogP contribution in [0.1, 0.15) is 12.8 Å². The van der Waals surface area contributed by atoms with Gasteiger partial charge in [-0.05, 0) is 37.0 Å². The van der Waals surface area contributed by atoms with Gasteiger partial charge in [-0.15, -0.1) is 0 Å². The Balaban J connectivity index is 2.08. The molecular formula is C11H11BrN2. The van der Waals surface area contributed by atoms with E-state index in [0.717, 1.165) is 22.5 Å². The van der Waals surface area contributed by atoms with E-state index in [1.54, 1.807) is 0 Å². The third-order valence-electron chi connectivity index (χ3n) is 2.73. The van der Waals surface area contributed by atoms with Gasteiger partial charge >= 0.3 is 0 Å². The smallest absolute Gasteiger partial charge is 0.0958 e. The molecule has 72 valence electrons. The van der Waals surface area contributed by atoms with E-state index in [2.05, 4.69) is 37.6 Å².